The second-order valence-electron chi connectivity index (χ2n) is 6.71. The van der Waals surface area contributed by atoms with E-state index < -0.39 is 5.97 Å². The summed E-state index contributed by atoms with van der Waals surface area (Å²) < 4.78 is 0. The zero-order valence-corrected chi connectivity index (χ0v) is 14.2. The van der Waals surface area contributed by atoms with Crippen molar-refractivity contribution in [2.24, 2.45) is 5.92 Å². The van der Waals surface area contributed by atoms with Gasteiger partial charge in [-0.25, -0.2) is 4.79 Å². The lowest BCUT2D eigenvalue weighted by atomic mass is 10.1. The monoisotopic (exact) mass is 318 g/mol. The van der Waals surface area contributed by atoms with E-state index in [1.165, 1.54) is 0 Å². The lowest BCUT2D eigenvalue weighted by molar-refractivity contribution is -0.132. The van der Waals surface area contributed by atoms with Gasteiger partial charge in [-0.1, -0.05) is 13.8 Å². The average molecular weight is 318 g/mol. The first-order valence-electron chi connectivity index (χ1n) is 8.22. The highest BCUT2D eigenvalue weighted by Gasteiger charge is 2.29. The number of nitrogens with zero attached hydrogens (tertiary/aromatic N) is 2. The first-order chi connectivity index (χ1) is 10.9. The first-order valence-corrected chi connectivity index (χ1v) is 8.22. The Morgan fingerprint density at radius 2 is 1.96 bits per heavy atom. The van der Waals surface area contributed by atoms with Crippen molar-refractivity contribution in [3.05, 3.63) is 29.8 Å². The number of likely N-dealkylation sites (N-methyl/N-ethyl adjacent to an activating group) is 1. The highest BCUT2D eigenvalue weighted by atomic mass is 16.4. The van der Waals surface area contributed by atoms with Gasteiger partial charge in [0.15, 0.2) is 0 Å². The molecule has 1 heterocycles. The van der Waals surface area contributed by atoms with Gasteiger partial charge in [0.1, 0.15) is 0 Å². The van der Waals surface area contributed by atoms with Gasteiger partial charge in [0.05, 0.1) is 5.56 Å². The van der Waals surface area contributed by atoms with Gasteiger partial charge in [-0.3, -0.25) is 4.79 Å². The van der Waals surface area contributed by atoms with Crippen molar-refractivity contribution in [2.45, 2.75) is 39.2 Å². The number of anilines is 1. The molecule has 23 heavy (non-hydrogen) atoms. The van der Waals surface area contributed by atoms with E-state index in [4.69, 9.17) is 5.11 Å². The molecule has 0 aromatic heterocycles. The van der Waals surface area contributed by atoms with Crippen LogP contribution in [-0.4, -0.2) is 48.1 Å². The van der Waals surface area contributed by atoms with Gasteiger partial charge < -0.3 is 14.9 Å². The van der Waals surface area contributed by atoms with Crippen molar-refractivity contribution in [2.75, 3.05) is 25.0 Å². The Morgan fingerprint density at radius 3 is 2.52 bits per heavy atom. The molecule has 1 amide bonds. The largest absolute Gasteiger partial charge is 0.478 e. The predicted molar refractivity (Wildman–Crippen MR) is 90.9 cm³/mol. The van der Waals surface area contributed by atoms with Crippen LogP contribution >= 0.6 is 0 Å². The number of hydrogen-bond acceptors (Lipinski definition) is 3. The van der Waals surface area contributed by atoms with Gasteiger partial charge in [-0.05, 0) is 43.0 Å². The molecule has 1 saturated heterocycles. The van der Waals surface area contributed by atoms with Crippen LogP contribution in [0.2, 0.25) is 0 Å². The number of rotatable bonds is 6. The van der Waals surface area contributed by atoms with Crippen molar-refractivity contribution in [3.8, 4) is 0 Å². The van der Waals surface area contributed by atoms with E-state index in [9.17, 15) is 9.59 Å². The van der Waals surface area contributed by atoms with Crippen molar-refractivity contribution in [3.63, 3.8) is 0 Å². The predicted octanol–water partition coefficient (Wildman–Crippen LogP) is 2.86. The summed E-state index contributed by atoms with van der Waals surface area (Å²) in [5, 5.41) is 8.95. The van der Waals surface area contributed by atoms with Gasteiger partial charge >= 0.3 is 5.97 Å². The van der Waals surface area contributed by atoms with E-state index in [1.54, 1.807) is 12.1 Å². The van der Waals surface area contributed by atoms with E-state index in [1.807, 2.05) is 24.1 Å². The summed E-state index contributed by atoms with van der Waals surface area (Å²) in [7, 11) is 1.99. The summed E-state index contributed by atoms with van der Waals surface area (Å²) in [6.45, 7) is 5.76. The van der Waals surface area contributed by atoms with Gasteiger partial charge in [0.25, 0.3) is 0 Å². The zero-order valence-electron chi connectivity index (χ0n) is 14.2. The standard InChI is InChI=1S/C18H26N2O3/c1-13(2)11-17(21)20-10-4-5-16(20)12-19(3)15-8-6-14(7-9-15)18(22)23/h6-9,13,16H,4-5,10-12H2,1-3H3,(H,22,23)/t16-/m0/s1. The third-order valence-electron chi connectivity index (χ3n) is 4.32. The lowest BCUT2D eigenvalue weighted by Crippen LogP contribution is -2.42. The maximum absolute atomic E-state index is 12.3. The van der Waals surface area contributed by atoms with Crippen molar-refractivity contribution >= 4 is 17.6 Å². The molecule has 126 valence electrons. The van der Waals surface area contributed by atoms with Crippen LogP contribution in [0.1, 0.15) is 43.5 Å². The Kier molecular flexibility index (Phi) is 5.64. The van der Waals surface area contributed by atoms with Gasteiger partial charge in [0, 0.05) is 38.3 Å². The highest BCUT2D eigenvalue weighted by Crippen LogP contribution is 2.23. The topological polar surface area (TPSA) is 60.9 Å². The number of amides is 1. The second-order valence-corrected chi connectivity index (χ2v) is 6.71. The van der Waals surface area contributed by atoms with Gasteiger partial charge in [-0.2, -0.15) is 0 Å². The number of carbonyl (C=O) groups excluding carboxylic acids is 1. The molecule has 1 N–H and O–H groups in total. The van der Waals surface area contributed by atoms with E-state index in [0.717, 1.165) is 31.6 Å². The summed E-state index contributed by atoms with van der Waals surface area (Å²) in [5.74, 6) is -0.289. The zero-order chi connectivity index (χ0) is 17.0. The summed E-state index contributed by atoms with van der Waals surface area (Å²) in [6, 6.07) is 7.11. The van der Waals surface area contributed by atoms with Crippen LogP contribution < -0.4 is 4.90 Å². The van der Waals surface area contributed by atoms with Gasteiger partial charge in [-0.15, -0.1) is 0 Å². The molecule has 0 unspecified atom stereocenters. The smallest absolute Gasteiger partial charge is 0.335 e. The van der Waals surface area contributed by atoms with E-state index in [-0.39, 0.29) is 17.5 Å². The van der Waals surface area contributed by atoms with Crippen molar-refractivity contribution < 1.29 is 14.7 Å². The lowest BCUT2D eigenvalue weighted by Gasteiger charge is -2.30. The maximum atomic E-state index is 12.3. The molecule has 0 bridgehead atoms. The molecule has 1 aliphatic heterocycles. The number of aromatic carboxylic acids is 1. The number of likely N-dealkylation sites (tertiary alicyclic amines) is 1. The molecule has 0 radical (unpaired) electrons. The highest BCUT2D eigenvalue weighted by molar-refractivity contribution is 5.88. The van der Waals surface area contributed by atoms with Crippen LogP contribution in [0.5, 0.6) is 0 Å². The molecule has 1 aromatic carbocycles. The average Bonchev–Trinajstić information content (AvgIpc) is 2.94. The number of benzene rings is 1. The molecule has 1 aromatic rings. The van der Waals surface area contributed by atoms with Crippen LogP contribution in [0.3, 0.4) is 0 Å². The molecule has 5 heteroatoms. The molecule has 1 fully saturated rings. The van der Waals surface area contributed by atoms with Crippen molar-refractivity contribution in [1.82, 2.24) is 4.90 Å². The van der Waals surface area contributed by atoms with Crippen LogP contribution in [0.4, 0.5) is 5.69 Å². The molecule has 1 aliphatic rings. The summed E-state index contributed by atoms with van der Waals surface area (Å²) in [4.78, 5) is 27.4. The Labute approximate surface area is 137 Å². The quantitative estimate of drug-likeness (QED) is 0.876. The summed E-state index contributed by atoms with van der Waals surface area (Å²) >= 11 is 0. The second kappa shape index (κ2) is 7.49. The molecular weight excluding hydrogens is 292 g/mol. The van der Waals surface area contributed by atoms with Crippen LogP contribution in [-0.2, 0) is 4.79 Å². The normalized spacial score (nSPS) is 17.6. The first kappa shape index (κ1) is 17.3. The van der Waals surface area contributed by atoms with E-state index >= 15 is 0 Å². The number of carbonyl (C=O) groups is 2. The summed E-state index contributed by atoms with van der Waals surface area (Å²) in [6.07, 6.45) is 2.69. The number of carboxylic acid groups (broad SMARTS) is 1. The Balaban J connectivity index is 1.99. The minimum Gasteiger partial charge on any atom is -0.478 e. The van der Waals surface area contributed by atoms with Crippen LogP contribution in [0, 0.1) is 5.92 Å². The molecule has 2 rings (SSSR count). The Bertz CT molecular complexity index is 554. The molecule has 0 aliphatic carbocycles. The maximum Gasteiger partial charge on any atom is 0.335 e. The minimum atomic E-state index is -0.916. The Hall–Kier alpha value is -2.04. The fourth-order valence-corrected chi connectivity index (χ4v) is 3.10. The van der Waals surface area contributed by atoms with Crippen LogP contribution in [0.15, 0.2) is 24.3 Å². The third kappa shape index (κ3) is 4.47. The molecule has 5 nitrogen and oxygen atoms in total. The third-order valence-corrected chi connectivity index (χ3v) is 4.32. The minimum absolute atomic E-state index is 0.241. The number of hydrogen-bond donors (Lipinski definition) is 1. The Morgan fingerprint density at radius 1 is 1.30 bits per heavy atom. The number of carboxylic acids is 1. The van der Waals surface area contributed by atoms with E-state index in [2.05, 4.69) is 18.7 Å². The van der Waals surface area contributed by atoms with E-state index in [0.29, 0.717) is 12.3 Å². The van der Waals surface area contributed by atoms with Crippen LogP contribution in [0.25, 0.3) is 0 Å². The fraction of sp³-hybridized carbons (Fsp3) is 0.556. The molecule has 1 atom stereocenters. The molecule has 0 spiro atoms. The molecule has 0 saturated carbocycles. The summed E-state index contributed by atoms with van der Waals surface area (Å²) in [5.41, 5.74) is 1.26. The fourth-order valence-electron chi connectivity index (χ4n) is 3.10. The molecular formula is C18H26N2O3. The van der Waals surface area contributed by atoms with Crippen molar-refractivity contribution in [1.29, 1.82) is 0 Å². The SMILES string of the molecule is CC(C)CC(=O)N1CCC[C@H]1CN(C)c1ccc(C(=O)O)cc1. The van der Waals surface area contributed by atoms with Gasteiger partial charge in [0.2, 0.25) is 5.91 Å².